The zero-order chi connectivity index (χ0) is 16.9. The second-order valence-corrected chi connectivity index (χ2v) is 7.09. The summed E-state index contributed by atoms with van der Waals surface area (Å²) in [6, 6.07) is 9.71. The molecular weight excluding hydrogens is 322 g/mol. The summed E-state index contributed by atoms with van der Waals surface area (Å²) < 4.78 is 0. The van der Waals surface area contributed by atoms with Gasteiger partial charge in [-0.1, -0.05) is 30.3 Å². The highest BCUT2D eigenvalue weighted by atomic mass is 32.1. The van der Waals surface area contributed by atoms with Gasteiger partial charge in [0, 0.05) is 17.6 Å². The number of amides is 1. The lowest BCUT2D eigenvalue weighted by Crippen LogP contribution is -2.45. The van der Waals surface area contributed by atoms with Gasteiger partial charge in [-0.05, 0) is 38.3 Å². The number of nitrogens with one attached hydrogen (secondary N) is 1. The number of aromatic nitrogens is 1. The first kappa shape index (κ1) is 17.1. The van der Waals surface area contributed by atoms with E-state index in [9.17, 15) is 9.90 Å². The largest absolute Gasteiger partial charge is 0.388 e. The van der Waals surface area contributed by atoms with E-state index in [1.54, 1.807) is 6.20 Å². The molecule has 1 saturated heterocycles. The Balaban J connectivity index is 1.61. The number of carbonyl (C=O) groups is 1. The zero-order valence-corrected chi connectivity index (χ0v) is 14.6. The molecule has 24 heavy (non-hydrogen) atoms. The van der Waals surface area contributed by atoms with E-state index in [2.05, 4.69) is 15.2 Å². The average Bonchev–Trinajstić information content (AvgIpc) is 3.26. The Labute approximate surface area is 146 Å². The number of likely N-dealkylation sites (tertiary alicyclic amines) is 1. The molecule has 0 aliphatic carbocycles. The van der Waals surface area contributed by atoms with Crippen molar-refractivity contribution in [2.45, 2.75) is 44.4 Å². The van der Waals surface area contributed by atoms with Crippen LogP contribution in [-0.4, -0.2) is 39.5 Å². The number of hydrogen-bond acceptors (Lipinski definition) is 5. The van der Waals surface area contributed by atoms with Gasteiger partial charge in [-0.3, -0.25) is 9.69 Å². The fraction of sp³-hybridized carbons (Fsp3) is 0.444. The Bertz CT molecular complexity index is 648. The topological polar surface area (TPSA) is 65.5 Å². The van der Waals surface area contributed by atoms with Crippen molar-refractivity contribution in [3.63, 3.8) is 0 Å². The molecule has 5 nitrogen and oxygen atoms in total. The van der Waals surface area contributed by atoms with E-state index in [1.165, 1.54) is 11.3 Å². The van der Waals surface area contributed by atoms with Gasteiger partial charge in [-0.2, -0.15) is 0 Å². The molecule has 128 valence electrons. The van der Waals surface area contributed by atoms with Crippen molar-refractivity contribution in [1.82, 2.24) is 9.88 Å². The highest BCUT2D eigenvalue weighted by Gasteiger charge is 2.33. The number of thiazole rings is 1. The monoisotopic (exact) mass is 345 g/mol. The van der Waals surface area contributed by atoms with Crippen molar-refractivity contribution in [1.29, 1.82) is 0 Å². The molecule has 3 unspecified atom stereocenters. The number of hydrogen-bond donors (Lipinski definition) is 2. The molecule has 0 bridgehead atoms. The summed E-state index contributed by atoms with van der Waals surface area (Å²) in [7, 11) is 0. The molecule has 1 aromatic carbocycles. The molecular formula is C18H23N3O2S. The lowest BCUT2D eigenvalue weighted by atomic mass is 10.00. The first-order valence-corrected chi connectivity index (χ1v) is 9.22. The van der Waals surface area contributed by atoms with Gasteiger partial charge in [-0.25, -0.2) is 4.98 Å². The number of rotatable bonds is 6. The summed E-state index contributed by atoms with van der Waals surface area (Å²) in [5, 5.41) is 15.8. The lowest BCUT2D eigenvalue weighted by Gasteiger charge is -2.31. The second-order valence-electron chi connectivity index (χ2n) is 6.20. The fourth-order valence-corrected chi connectivity index (χ4v) is 3.87. The van der Waals surface area contributed by atoms with E-state index < -0.39 is 6.10 Å². The highest BCUT2D eigenvalue weighted by Crippen LogP contribution is 2.29. The van der Waals surface area contributed by atoms with Crippen LogP contribution in [0.5, 0.6) is 0 Å². The molecule has 1 aliphatic heterocycles. The summed E-state index contributed by atoms with van der Waals surface area (Å²) in [4.78, 5) is 18.8. The minimum Gasteiger partial charge on any atom is -0.388 e. The number of aliphatic hydroxyl groups is 1. The van der Waals surface area contributed by atoms with E-state index in [0.717, 1.165) is 24.9 Å². The van der Waals surface area contributed by atoms with Gasteiger partial charge >= 0.3 is 0 Å². The van der Waals surface area contributed by atoms with Gasteiger partial charge in [0.25, 0.3) is 0 Å². The number of benzene rings is 1. The number of anilines is 1. The maximum atomic E-state index is 12.5. The molecule has 2 aromatic rings. The third-order valence-corrected chi connectivity index (χ3v) is 5.33. The molecule has 0 spiro atoms. The zero-order valence-electron chi connectivity index (χ0n) is 13.8. The lowest BCUT2D eigenvalue weighted by molar-refractivity contribution is -0.121. The van der Waals surface area contributed by atoms with Crippen molar-refractivity contribution >= 4 is 22.4 Å². The van der Waals surface area contributed by atoms with Gasteiger partial charge in [0.15, 0.2) is 5.13 Å². The SMILES string of the molecule is CC(C(=O)Nc1nccs1)N1CCCC1CC(O)c1ccccc1. The van der Waals surface area contributed by atoms with Crippen LogP contribution in [0.4, 0.5) is 5.13 Å². The first-order valence-electron chi connectivity index (χ1n) is 8.34. The smallest absolute Gasteiger partial charge is 0.243 e. The van der Waals surface area contributed by atoms with Crippen LogP contribution in [-0.2, 0) is 4.79 Å². The molecule has 1 amide bonds. The third-order valence-electron chi connectivity index (χ3n) is 4.64. The molecule has 0 saturated carbocycles. The number of aliphatic hydroxyl groups excluding tert-OH is 1. The average molecular weight is 345 g/mol. The molecule has 1 aromatic heterocycles. The first-order chi connectivity index (χ1) is 11.6. The Morgan fingerprint density at radius 3 is 2.96 bits per heavy atom. The highest BCUT2D eigenvalue weighted by molar-refractivity contribution is 7.13. The Morgan fingerprint density at radius 1 is 1.46 bits per heavy atom. The predicted octanol–water partition coefficient (Wildman–Crippen LogP) is 3.06. The number of nitrogens with zero attached hydrogens (tertiary/aromatic N) is 2. The standard InChI is InChI=1S/C18H23N3O2S/c1-13(17(23)20-18-19-9-11-24-18)21-10-5-8-15(21)12-16(22)14-6-3-2-4-7-14/h2-4,6-7,9,11,13,15-16,22H,5,8,10,12H2,1H3,(H,19,20,23). The van der Waals surface area contributed by atoms with Crippen LogP contribution in [0, 0.1) is 0 Å². The van der Waals surface area contributed by atoms with Gasteiger partial charge in [-0.15, -0.1) is 11.3 Å². The molecule has 6 heteroatoms. The normalized spacial score (nSPS) is 20.7. The Hall–Kier alpha value is -1.76. The molecule has 1 fully saturated rings. The maximum absolute atomic E-state index is 12.5. The predicted molar refractivity (Wildman–Crippen MR) is 96.0 cm³/mol. The number of carbonyl (C=O) groups excluding carboxylic acids is 1. The van der Waals surface area contributed by atoms with Crippen molar-refractivity contribution in [3.8, 4) is 0 Å². The third kappa shape index (κ3) is 4.01. The van der Waals surface area contributed by atoms with Crippen LogP contribution in [0.15, 0.2) is 41.9 Å². The maximum Gasteiger partial charge on any atom is 0.243 e. The molecule has 2 heterocycles. The summed E-state index contributed by atoms with van der Waals surface area (Å²) in [5.41, 5.74) is 0.934. The van der Waals surface area contributed by atoms with Crippen LogP contribution < -0.4 is 5.32 Å². The van der Waals surface area contributed by atoms with Gasteiger partial charge in [0.05, 0.1) is 12.1 Å². The van der Waals surface area contributed by atoms with Gasteiger partial charge < -0.3 is 10.4 Å². The van der Waals surface area contributed by atoms with Crippen LogP contribution in [0.1, 0.15) is 37.9 Å². The van der Waals surface area contributed by atoms with Crippen molar-refractivity contribution < 1.29 is 9.90 Å². The Morgan fingerprint density at radius 2 is 2.25 bits per heavy atom. The van der Waals surface area contributed by atoms with Crippen LogP contribution >= 0.6 is 11.3 Å². The quantitative estimate of drug-likeness (QED) is 0.844. The van der Waals surface area contributed by atoms with Crippen molar-refractivity contribution in [2.24, 2.45) is 0 Å². The summed E-state index contributed by atoms with van der Waals surface area (Å²) in [6.07, 6.45) is 3.91. The Kier molecular flexibility index (Phi) is 5.60. The van der Waals surface area contributed by atoms with E-state index in [-0.39, 0.29) is 18.0 Å². The second kappa shape index (κ2) is 7.88. The van der Waals surface area contributed by atoms with Crippen molar-refractivity contribution in [3.05, 3.63) is 47.5 Å². The molecule has 0 radical (unpaired) electrons. The summed E-state index contributed by atoms with van der Waals surface area (Å²) in [6.45, 7) is 2.81. The van der Waals surface area contributed by atoms with E-state index >= 15 is 0 Å². The minimum atomic E-state index is -0.494. The van der Waals surface area contributed by atoms with Gasteiger partial charge in [0.2, 0.25) is 5.91 Å². The van der Waals surface area contributed by atoms with E-state index in [1.807, 2.05) is 42.6 Å². The fourth-order valence-electron chi connectivity index (χ4n) is 3.34. The minimum absolute atomic E-state index is 0.0361. The molecule has 3 rings (SSSR count). The van der Waals surface area contributed by atoms with Crippen LogP contribution in [0.25, 0.3) is 0 Å². The van der Waals surface area contributed by atoms with Crippen molar-refractivity contribution in [2.75, 3.05) is 11.9 Å². The molecule has 3 atom stereocenters. The van der Waals surface area contributed by atoms with Gasteiger partial charge in [0.1, 0.15) is 0 Å². The summed E-state index contributed by atoms with van der Waals surface area (Å²) >= 11 is 1.42. The van der Waals surface area contributed by atoms with E-state index in [0.29, 0.717) is 11.6 Å². The van der Waals surface area contributed by atoms with Crippen LogP contribution in [0.2, 0.25) is 0 Å². The van der Waals surface area contributed by atoms with Crippen LogP contribution in [0.3, 0.4) is 0 Å². The molecule has 2 N–H and O–H groups in total. The molecule has 1 aliphatic rings. The summed E-state index contributed by atoms with van der Waals surface area (Å²) in [5.74, 6) is -0.0361. The van der Waals surface area contributed by atoms with E-state index in [4.69, 9.17) is 0 Å².